The maximum absolute atomic E-state index is 13.6. The molecule has 0 N–H and O–H groups in total. The van der Waals surface area contributed by atoms with Crippen molar-refractivity contribution in [1.82, 2.24) is 24.6 Å². The second-order valence-corrected chi connectivity index (χ2v) is 8.27. The maximum atomic E-state index is 13.6. The molecule has 0 spiro atoms. The smallest absolute Gasteiger partial charge is 0.409 e. The molecule has 0 aliphatic carbocycles. The number of benzene rings is 1. The number of carbonyl (C=O) groups is 2. The van der Waals surface area contributed by atoms with Gasteiger partial charge in [-0.2, -0.15) is 5.10 Å². The van der Waals surface area contributed by atoms with E-state index in [0.29, 0.717) is 44.0 Å². The molecule has 168 valence electrons. The number of hydrogen-bond acceptors (Lipinski definition) is 5. The molecule has 1 aromatic carbocycles. The van der Waals surface area contributed by atoms with Gasteiger partial charge in [0.25, 0.3) is 5.91 Å². The summed E-state index contributed by atoms with van der Waals surface area (Å²) in [6, 6.07) is 10.0. The van der Waals surface area contributed by atoms with Gasteiger partial charge in [0.2, 0.25) is 0 Å². The molecule has 0 bridgehead atoms. The Balaban J connectivity index is 1.71. The zero-order chi connectivity index (χ0) is 22.8. The number of rotatable bonds is 4. The standard InChI is InChI=1S/C24H29N5O3/c1-5-32-24(31)28-12-10-27(11-13-28)23(30)19-14-21(18-9-7-6-8-17(18)4)26-22-20(19)15-25-29(22)16(2)3/h6-9,14-16H,5,10-13H2,1-4H3. The summed E-state index contributed by atoms with van der Waals surface area (Å²) in [6.07, 6.45) is 1.40. The molecule has 3 aromatic rings. The van der Waals surface area contributed by atoms with Crippen LogP contribution in [0.25, 0.3) is 22.3 Å². The van der Waals surface area contributed by atoms with Gasteiger partial charge in [0, 0.05) is 37.8 Å². The van der Waals surface area contributed by atoms with Crippen LogP contribution in [-0.2, 0) is 4.74 Å². The Hall–Kier alpha value is -3.42. The molecule has 0 saturated carbocycles. The van der Waals surface area contributed by atoms with Crippen LogP contribution >= 0.6 is 0 Å². The highest BCUT2D eigenvalue weighted by molar-refractivity contribution is 6.06. The van der Waals surface area contributed by atoms with Crippen LogP contribution < -0.4 is 0 Å². The fourth-order valence-electron chi connectivity index (χ4n) is 4.05. The topological polar surface area (TPSA) is 80.6 Å². The number of pyridine rings is 1. The largest absolute Gasteiger partial charge is 0.450 e. The predicted octanol–water partition coefficient (Wildman–Crippen LogP) is 3.90. The average Bonchev–Trinajstić information content (AvgIpc) is 3.23. The van der Waals surface area contributed by atoms with E-state index in [1.54, 1.807) is 22.9 Å². The molecule has 0 radical (unpaired) electrons. The van der Waals surface area contributed by atoms with E-state index in [0.717, 1.165) is 22.2 Å². The zero-order valence-corrected chi connectivity index (χ0v) is 19.0. The van der Waals surface area contributed by atoms with Gasteiger partial charge in [-0.1, -0.05) is 24.3 Å². The quantitative estimate of drug-likeness (QED) is 0.621. The van der Waals surface area contributed by atoms with Crippen molar-refractivity contribution in [1.29, 1.82) is 0 Å². The first kappa shape index (κ1) is 21.8. The maximum Gasteiger partial charge on any atom is 0.409 e. The van der Waals surface area contributed by atoms with E-state index in [1.165, 1.54) is 0 Å². The predicted molar refractivity (Wildman–Crippen MR) is 123 cm³/mol. The number of piperazine rings is 1. The van der Waals surface area contributed by atoms with Gasteiger partial charge in [0.1, 0.15) is 0 Å². The number of fused-ring (bicyclic) bond motifs is 1. The van der Waals surface area contributed by atoms with Gasteiger partial charge in [-0.3, -0.25) is 4.79 Å². The van der Waals surface area contributed by atoms with Gasteiger partial charge >= 0.3 is 6.09 Å². The fraction of sp³-hybridized carbons (Fsp3) is 0.417. The second-order valence-electron chi connectivity index (χ2n) is 8.27. The van der Waals surface area contributed by atoms with Crippen LogP contribution in [0.3, 0.4) is 0 Å². The zero-order valence-electron chi connectivity index (χ0n) is 19.0. The van der Waals surface area contributed by atoms with Gasteiger partial charge in [-0.25, -0.2) is 14.5 Å². The molecule has 1 aliphatic heterocycles. The molecule has 1 fully saturated rings. The Labute approximate surface area is 187 Å². The first-order chi connectivity index (χ1) is 15.4. The summed E-state index contributed by atoms with van der Waals surface area (Å²) < 4.78 is 6.94. The van der Waals surface area contributed by atoms with Gasteiger partial charge in [0.15, 0.2) is 5.65 Å². The third-order valence-corrected chi connectivity index (χ3v) is 5.80. The lowest BCUT2D eigenvalue weighted by Gasteiger charge is -2.34. The minimum absolute atomic E-state index is 0.0703. The molecule has 3 heterocycles. The Kier molecular flexibility index (Phi) is 6.12. The number of aryl methyl sites for hydroxylation is 1. The van der Waals surface area contributed by atoms with Crippen LogP contribution in [0.15, 0.2) is 36.5 Å². The van der Waals surface area contributed by atoms with Crippen molar-refractivity contribution in [3.05, 3.63) is 47.7 Å². The van der Waals surface area contributed by atoms with Gasteiger partial charge in [0.05, 0.1) is 29.4 Å². The molecule has 2 aromatic heterocycles. The fourth-order valence-corrected chi connectivity index (χ4v) is 4.05. The summed E-state index contributed by atoms with van der Waals surface area (Å²) in [6.45, 7) is 10.1. The van der Waals surface area contributed by atoms with Gasteiger partial charge in [-0.05, 0) is 39.3 Å². The van der Waals surface area contributed by atoms with Crippen molar-refractivity contribution >= 4 is 23.0 Å². The highest BCUT2D eigenvalue weighted by Gasteiger charge is 2.28. The number of nitrogens with zero attached hydrogens (tertiary/aromatic N) is 5. The highest BCUT2D eigenvalue weighted by Crippen LogP contribution is 2.29. The monoisotopic (exact) mass is 435 g/mol. The summed E-state index contributed by atoms with van der Waals surface area (Å²) in [4.78, 5) is 33.9. The highest BCUT2D eigenvalue weighted by atomic mass is 16.6. The average molecular weight is 436 g/mol. The minimum atomic E-state index is -0.328. The van der Waals surface area contributed by atoms with Crippen LogP contribution in [0.1, 0.15) is 42.7 Å². The van der Waals surface area contributed by atoms with Crippen LogP contribution in [-0.4, -0.2) is 69.4 Å². The van der Waals surface area contributed by atoms with Crippen molar-refractivity contribution in [2.75, 3.05) is 32.8 Å². The number of aromatic nitrogens is 3. The molecule has 1 saturated heterocycles. The van der Waals surface area contributed by atoms with Crippen molar-refractivity contribution in [2.45, 2.75) is 33.7 Å². The van der Waals surface area contributed by atoms with Crippen LogP contribution in [0.2, 0.25) is 0 Å². The molecular weight excluding hydrogens is 406 g/mol. The van der Waals surface area contributed by atoms with E-state index < -0.39 is 0 Å². The van der Waals surface area contributed by atoms with Crippen LogP contribution in [0, 0.1) is 6.92 Å². The number of amides is 2. The number of ether oxygens (including phenoxy) is 1. The van der Waals surface area contributed by atoms with Crippen LogP contribution in [0.5, 0.6) is 0 Å². The van der Waals surface area contributed by atoms with Crippen molar-refractivity contribution in [3.8, 4) is 11.3 Å². The van der Waals surface area contributed by atoms with E-state index >= 15 is 0 Å². The molecule has 0 unspecified atom stereocenters. The van der Waals surface area contributed by atoms with E-state index in [2.05, 4.69) is 5.10 Å². The Bertz CT molecular complexity index is 1150. The lowest BCUT2D eigenvalue weighted by molar-refractivity contribution is 0.0572. The summed E-state index contributed by atoms with van der Waals surface area (Å²) >= 11 is 0. The molecule has 2 amide bonds. The molecule has 0 atom stereocenters. The summed E-state index contributed by atoms with van der Waals surface area (Å²) in [7, 11) is 0. The lowest BCUT2D eigenvalue weighted by Crippen LogP contribution is -2.50. The van der Waals surface area contributed by atoms with Crippen molar-refractivity contribution in [2.24, 2.45) is 0 Å². The van der Waals surface area contributed by atoms with E-state index in [1.807, 2.05) is 55.8 Å². The van der Waals surface area contributed by atoms with Crippen molar-refractivity contribution < 1.29 is 14.3 Å². The summed E-state index contributed by atoms with van der Waals surface area (Å²) in [5.41, 5.74) is 4.13. The number of hydrogen-bond donors (Lipinski definition) is 0. The first-order valence-electron chi connectivity index (χ1n) is 11.1. The third-order valence-electron chi connectivity index (χ3n) is 5.80. The van der Waals surface area contributed by atoms with Crippen LogP contribution in [0.4, 0.5) is 4.79 Å². The molecule has 1 aliphatic rings. The van der Waals surface area contributed by atoms with E-state index in [9.17, 15) is 9.59 Å². The Morgan fingerprint density at radius 1 is 1.09 bits per heavy atom. The molecule has 4 rings (SSSR count). The SMILES string of the molecule is CCOC(=O)N1CCN(C(=O)c2cc(-c3ccccc3C)nc3c2cnn3C(C)C)CC1. The van der Waals surface area contributed by atoms with Crippen molar-refractivity contribution in [3.63, 3.8) is 0 Å². The molecule has 32 heavy (non-hydrogen) atoms. The number of carbonyl (C=O) groups excluding carboxylic acids is 2. The summed E-state index contributed by atoms with van der Waals surface area (Å²) in [5, 5.41) is 5.25. The summed E-state index contributed by atoms with van der Waals surface area (Å²) in [5.74, 6) is -0.0703. The molecular formula is C24H29N5O3. The second kappa shape index (κ2) is 8.98. The van der Waals surface area contributed by atoms with E-state index in [4.69, 9.17) is 9.72 Å². The third kappa shape index (κ3) is 4.04. The normalized spacial score (nSPS) is 14.3. The molecule has 8 heteroatoms. The minimum Gasteiger partial charge on any atom is -0.450 e. The Morgan fingerprint density at radius 3 is 2.44 bits per heavy atom. The molecule has 8 nitrogen and oxygen atoms in total. The Morgan fingerprint density at radius 2 is 1.78 bits per heavy atom. The lowest BCUT2D eigenvalue weighted by atomic mass is 10.0. The first-order valence-corrected chi connectivity index (χ1v) is 11.1. The van der Waals surface area contributed by atoms with Gasteiger partial charge < -0.3 is 14.5 Å². The van der Waals surface area contributed by atoms with E-state index in [-0.39, 0.29) is 18.0 Å². The van der Waals surface area contributed by atoms with Gasteiger partial charge in [-0.15, -0.1) is 0 Å².